The van der Waals surface area contributed by atoms with Crippen LogP contribution in [0.3, 0.4) is 0 Å². The molecule has 0 spiro atoms. The highest BCUT2D eigenvalue weighted by Gasteiger charge is 2.34. The Hall–Kier alpha value is -1.30. The number of aliphatic hydroxyl groups excluding tert-OH is 1. The van der Waals surface area contributed by atoms with Gasteiger partial charge in [-0.2, -0.15) is 0 Å². The second-order valence-electron chi connectivity index (χ2n) is 5.50. The van der Waals surface area contributed by atoms with Gasteiger partial charge in [0.05, 0.1) is 6.61 Å². The van der Waals surface area contributed by atoms with Crippen LogP contribution in [-0.2, 0) is 4.79 Å². The van der Waals surface area contributed by atoms with Gasteiger partial charge in [-0.15, -0.1) is 0 Å². The maximum absolute atomic E-state index is 12.4. The van der Waals surface area contributed by atoms with Crippen molar-refractivity contribution >= 4 is 12.0 Å². The van der Waals surface area contributed by atoms with E-state index in [-0.39, 0.29) is 25.2 Å². The van der Waals surface area contributed by atoms with Gasteiger partial charge < -0.3 is 20.0 Å². The Morgan fingerprint density at radius 3 is 2.26 bits per heavy atom. The summed E-state index contributed by atoms with van der Waals surface area (Å²) in [6.07, 6.45) is 5.16. The standard InChI is InChI=1S/C13H22N2O4/c16-7-6-15(11-2-1-3-11)13(19)14(9-12(17)18)8-10-4-5-10/h10-11,16H,1-9H2,(H,17,18). The zero-order chi connectivity index (χ0) is 13.8. The van der Waals surface area contributed by atoms with Crippen molar-refractivity contribution in [3.63, 3.8) is 0 Å². The Morgan fingerprint density at radius 1 is 1.16 bits per heavy atom. The quantitative estimate of drug-likeness (QED) is 0.715. The molecule has 0 atom stereocenters. The lowest BCUT2D eigenvalue weighted by molar-refractivity contribution is -0.137. The minimum absolute atomic E-state index is 0.0768. The second kappa shape index (κ2) is 6.23. The molecule has 0 aromatic carbocycles. The summed E-state index contributed by atoms with van der Waals surface area (Å²) in [6, 6.07) is -0.0526. The number of amides is 2. The molecule has 0 heterocycles. The molecule has 6 nitrogen and oxygen atoms in total. The van der Waals surface area contributed by atoms with E-state index in [4.69, 9.17) is 10.2 Å². The van der Waals surface area contributed by atoms with Gasteiger partial charge in [0.25, 0.3) is 0 Å². The third kappa shape index (κ3) is 3.83. The summed E-state index contributed by atoms with van der Waals surface area (Å²) in [6.45, 7) is 0.501. The number of hydrogen-bond acceptors (Lipinski definition) is 3. The predicted octanol–water partition coefficient (Wildman–Crippen LogP) is 0.750. The molecule has 2 N–H and O–H groups in total. The van der Waals surface area contributed by atoms with Crippen LogP contribution >= 0.6 is 0 Å². The van der Waals surface area contributed by atoms with Gasteiger partial charge in [0.1, 0.15) is 6.54 Å². The largest absolute Gasteiger partial charge is 0.480 e. The van der Waals surface area contributed by atoms with Crippen LogP contribution in [0.5, 0.6) is 0 Å². The van der Waals surface area contributed by atoms with Gasteiger partial charge in [0, 0.05) is 19.1 Å². The summed E-state index contributed by atoms with van der Waals surface area (Å²) in [4.78, 5) is 26.4. The van der Waals surface area contributed by atoms with Gasteiger partial charge in [0.15, 0.2) is 0 Å². The van der Waals surface area contributed by atoms with Crippen molar-refractivity contribution in [3.8, 4) is 0 Å². The van der Waals surface area contributed by atoms with Gasteiger partial charge >= 0.3 is 12.0 Å². The first-order valence-electron chi connectivity index (χ1n) is 7.00. The summed E-state index contributed by atoms with van der Waals surface area (Å²) in [5.74, 6) is -0.521. The van der Waals surface area contributed by atoms with Crippen LogP contribution < -0.4 is 0 Å². The number of aliphatic carboxylic acids is 1. The van der Waals surface area contributed by atoms with Crippen molar-refractivity contribution in [2.45, 2.75) is 38.1 Å². The second-order valence-corrected chi connectivity index (χ2v) is 5.50. The number of carboxylic acid groups (broad SMARTS) is 1. The van der Waals surface area contributed by atoms with Crippen LogP contribution in [0.1, 0.15) is 32.1 Å². The number of carbonyl (C=O) groups is 2. The molecule has 6 heteroatoms. The molecule has 108 valence electrons. The SMILES string of the molecule is O=C(O)CN(CC1CC1)C(=O)N(CCO)C1CCC1. The van der Waals surface area contributed by atoms with Crippen LogP contribution in [-0.4, -0.2) is 64.3 Å². The first-order chi connectivity index (χ1) is 9.11. The Morgan fingerprint density at radius 2 is 1.84 bits per heavy atom. The topological polar surface area (TPSA) is 81.1 Å². The highest BCUT2D eigenvalue weighted by molar-refractivity contribution is 5.80. The lowest BCUT2D eigenvalue weighted by Gasteiger charge is -2.39. The molecular weight excluding hydrogens is 248 g/mol. The van der Waals surface area contributed by atoms with Crippen LogP contribution in [0.25, 0.3) is 0 Å². The predicted molar refractivity (Wildman–Crippen MR) is 68.8 cm³/mol. The van der Waals surface area contributed by atoms with Gasteiger partial charge in [-0.05, 0) is 38.0 Å². The van der Waals surface area contributed by atoms with Crippen molar-refractivity contribution in [2.24, 2.45) is 5.92 Å². The third-order valence-corrected chi connectivity index (χ3v) is 3.87. The van der Waals surface area contributed by atoms with E-state index in [1.807, 2.05) is 0 Å². The van der Waals surface area contributed by atoms with Crippen molar-refractivity contribution in [1.82, 2.24) is 9.80 Å². The fraction of sp³-hybridized carbons (Fsp3) is 0.846. The van der Waals surface area contributed by atoms with Crippen LogP contribution in [0.2, 0.25) is 0 Å². The first kappa shape index (κ1) is 14.1. The molecule has 2 saturated carbocycles. The minimum atomic E-state index is -0.980. The molecule has 0 bridgehead atoms. The summed E-state index contributed by atoms with van der Waals surface area (Å²) in [5, 5.41) is 18.0. The molecule has 0 aliphatic heterocycles. The van der Waals surface area contributed by atoms with E-state index in [1.165, 1.54) is 4.90 Å². The number of aliphatic hydroxyl groups is 1. The number of rotatable bonds is 7. The van der Waals surface area contributed by atoms with Crippen LogP contribution in [0, 0.1) is 5.92 Å². The Labute approximate surface area is 113 Å². The number of carboxylic acids is 1. The third-order valence-electron chi connectivity index (χ3n) is 3.87. The molecule has 2 aliphatic rings. The maximum Gasteiger partial charge on any atom is 0.323 e. The minimum Gasteiger partial charge on any atom is -0.480 e. The van der Waals surface area contributed by atoms with Crippen molar-refractivity contribution in [3.05, 3.63) is 0 Å². The summed E-state index contributed by atoms with van der Waals surface area (Å²) >= 11 is 0. The summed E-state index contributed by atoms with van der Waals surface area (Å²) in [7, 11) is 0. The Balaban J connectivity index is 1.98. The van der Waals surface area contributed by atoms with Crippen LogP contribution in [0.15, 0.2) is 0 Å². The average molecular weight is 270 g/mol. The molecule has 19 heavy (non-hydrogen) atoms. The molecule has 0 aromatic heterocycles. The molecule has 2 rings (SSSR count). The zero-order valence-electron chi connectivity index (χ0n) is 11.1. The molecule has 0 aromatic rings. The number of carbonyl (C=O) groups excluding carboxylic acids is 1. The van der Waals surface area contributed by atoms with E-state index in [0.717, 1.165) is 32.1 Å². The Bertz CT molecular complexity index is 340. The fourth-order valence-electron chi connectivity index (χ4n) is 2.41. The monoisotopic (exact) mass is 270 g/mol. The molecule has 2 amide bonds. The van der Waals surface area contributed by atoms with Gasteiger partial charge in [-0.3, -0.25) is 4.79 Å². The molecule has 0 unspecified atom stereocenters. The molecule has 2 aliphatic carbocycles. The smallest absolute Gasteiger partial charge is 0.323 e. The van der Waals surface area contributed by atoms with Crippen molar-refractivity contribution in [2.75, 3.05) is 26.2 Å². The number of nitrogens with zero attached hydrogens (tertiary/aromatic N) is 2. The summed E-state index contributed by atoms with van der Waals surface area (Å²) in [5.41, 5.74) is 0. The van der Waals surface area contributed by atoms with E-state index in [9.17, 15) is 9.59 Å². The van der Waals surface area contributed by atoms with E-state index in [0.29, 0.717) is 19.0 Å². The molecule has 0 radical (unpaired) electrons. The Kier molecular flexibility index (Phi) is 4.63. The normalized spacial score (nSPS) is 18.8. The van der Waals surface area contributed by atoms with E-state index in [1.54, 1.807) is 4.90 Å². The highest BCUT2D eigenvalue weighted by atomic mass is 16.4. The molecule has 0 saturated heterocycles. The first-order valence-corrected chi connectivity index (χ1v) is 7.00. The fourth-order valence-corrected chi connectivity index (χ4v) is 2.41. The van der Waals surface area contributed by atoms with Gasteiger partial charge in [-0.1, -0.05) is 0 Å². The zero-order valence-corrected chi connectivity index (χ0v) is 11.1. The van der Waals surface area contributed by atoms with E-state index in [2.05, 4.69) is 0 Å². The highest BCUT2D eigenvalue weighted by Crippen LogP contribution is 2.31. The number of urea groups is 1. The lowest BCUT2D eigenvalue weighted by atomic mass is 9.91. The van der Waals surface area contributed by atoms with Crippen molar-refractivity contribution in [1.29, 1.82) is 0 Å². The van der Waals surface area contributed by atoms with Crippen LogP contribution in [0.4, 0.5) is 4.79 Å². The maximum atomic E-state index is 12.4. The summed E-state index contributed by atoms with van der Waals surface area (Å²) < 4.78 is 0. The van der Waals surface area contributed by atoms with Gasteiger partial charge in [0.2, 0.25) is 0 Å². The van der Waals surface area contributed by atoms with E-state index < -0.39 is 5.97 Å². The lowest BCUT2D eigenvalue weighted by Crippen LogP contribution is -2.53. The van der Waals surface area contributed by atoms with Crippen molar-refractivity contribution < 1.29 is 19.8 Å². The molecular formula is C13H22N2O4. The van der Waals surface area contributed by atoms with E-state index >= 15 is 0 Å². The molecule has 2 fully saturated rings. The average Bonchev–Trinajstić information content (AvgIpc) is 3.07. The number of hydrogen-bond donors (Lipinski definition) is 2. The van der Waals surface area contributed by atoms with Gasteiger partial charge in [-0.25, -0.2) is 4.79 Å².